The summed E-state index contributed by atoms with van der Waals surface area (Å²) in [6.07, 6.45) is 2.56. The molecule has 0 saturated heterocycles. The Morgan fingerprint density at radius 3 is 2.25 bits per heavy atom. The van der Waals surface area contributed by atoms with Crippen molar-refractivity contribution in [1.29, 1.82) is 0 Å². The molecule has 0 aliphatic carbocycles. The van der Waals surface area contributed by atoms with E-state index in [-0.39, 0.29) is 0 Å². The number of aliphatic hydroxyl groups excluding tert-OH is 1. The number of aromatic nitrogens is 1. The van der Waals surface area contributed by atoms with Gasteiger partial charge in [0.25, 0.3) is 0 Å². The molecule has 2 aromatic rings. The third-order valence-corrected chi connectivity index (χ3v) is 2.87. The second-order valence-electron chi connectivity index (χ2n) is 4.29. The minimum Gasteiger partial charge on any atom is -0.494 e. The van der Waals surface area contributed by atoms with Crippen molar-refractivity contribution in [2.24, 2.45) is 0 Å². The van der Waals surface area contributed by atoms with Gasteiger partial charge in [0, 0.05) is 11.8 Å². The quantitative estimate of drug-likeness (QED) is 0.879. The number of pyridine rings is 1. The lowest BCUT2D eigenvalue weighted by atomic mass is 10.0. The molecule has 0 aliphatic heterocycles. The van der Waals surface area contributed by atoms with E-state index in [4.69, 9.17) is 9.47 Å². The van der Waals surface area contributed by atoms with Crippen LogP contribution >= 0.6 is 0 Å². The smallest absolute Gasteiger partial charge is 0.137 e. The molecule has 0 saturated carbocycles. The number of hydrogen-bond donors (Lipinski definition) is 1. The number of aliphatic hydroxyl groups is 1. The van der Waals surface area contributed by atoms with Crippen LogP contribution in [0.3, 0.4) is 0 Å². The maximum Gasteiger partial charge on any atom is 0.137 e. The van der Waals surface area contributed by atoms with Gasteiger partial charge in [0.15, 0.2) is 0 Å². The highest BCUT2D eigenvalue weighted by Gasteiger charge is 2.12. The summed E-state index contributed by atoms with van der Waals surface area (Å²) in [5.41, 5.74) is 1.50. The monoisotopic (exact) mass is 273 g/mol. The van der Waals surface area contributed by atoms with Crippen LogP contribution < -0.4 is 9.47 Å². The van der Waals surface area contributed by atoms with Gasteiger partial charge < -0.3 is 14.6 Å². The zero-order valence-electron chi connectivity index (χ0n) is 11.7. The molecule has 4 nitrogen and oxygen atoms in total. The van der Waals surface area contributed by atoms with Crippen LogP contribution in [0.1, 0.15) is 31.1 Å². The van der Waals surface area contributed by atoms with E-state index in [0.29, 0.717) is 24.5 Å². The minimum atomic E-state index is -0.724. The first-order valence-corrected chi connectivity index (χ1v) is 6.73. The predicted octanol–water partition coefficient (Wildman–Crippen LogP) is 2.96. The van der Waals surface area contributed by atoms with Crippen LogP contribution in [-0.4, -0.2) is 23.3 Å². The van der Waals surface area contributed by atoms with Crippen LogP contribution in [0.15, 0.2) is 42.7 Å². The molecule has 0 aliphatic rings. The summed E-state index contributed by atoms with van der Waals surface area (Å²) in [5.74, 6) is 1.46. The molecule has 0 bridgehead atoms. The maximum absolute atomic E-state index is 10.4. The van der Waals surface area contributed by atoms with Crippen molar-refractivity contribution in [3.8, 4) is 11.5 Å². The fourth-order valence-corrected chi connectivity index (χ4v) is 1.94. The van der Waals surface area contributed by atoms with E-state index in [1.165, 1.54) is 0 Å². The molecule has 0 spiro atoms. The average molecular weight is 273 g/mol. The Morgan fingerprint density at radius 1 is 0.950 bits per heavy atom. The molecule has 1 aromatic heterocycles. The second kappa shape index (κ2) is 6.91. The summed E-state index contributed by atoms with van der Waals surface area (Å²) in [7, 11) is 0. The molecule has 1 N–H and O–H groups in total. The van der Waals surface area contributed by atoms with E-state index in [1.54, 1.807) is 18.5 Å². The first-order chi connectivity index (χ1) is 9.74. The molecular weight excluding hydrogens is 254 g/mol. The lowest BCUT2D eigenvalue weighted by Crippen LogP contribution is -2.02. The first kappa shape index (κ1) is 14.3. The molecule has 106 valence electrons. The molecule has 20 heavy (non-hydrogen) atoms. The van der Waals surface area contributed by atoms with Gasteiger partial charge in [-0.25, -0.2) is 0 Å². The normalized spacial score (nSPS) is 11.9. The Labute approximate surface area is 119 Å². The van der Waals surface area contributed by atoms with E-state index in [1.807, 2.05) is 38.1 Å². The van der Waals surface area contributed by atoms with Gasteiger partial charge in [0.1, 0.15) is 17.6 Å². The third kappa shape index (κ3) is 3.48. The largest absolute Gasteiger partial charge is 0.494 e. The van der Waals surface area contributed by atoms with E-state index < -0.39 is 6.10 Å². The molecule has 0 radical (unpaired) electrons. The number of rotatable bonds is 6. The first-order valence-electron chi connectivity index (χ1n) is 6.73. The van der Waals surface area contributed by atoms with Gasteiger partial charge in [-0.2, -0.15) is 0 Å². The van der Waals surface area contributed by atoms with Crippen molar-refractivity contribution < 1.29 is 14.6 Å². The lowest BCUT2D eigenvalue weighted by molar-refractivity contribution is 0.218. The van der Waals surface area contributed by atoms with Crippen LogP contribution in [0.2, 0.25) is 0 Å². The molecule has 1 heterocycles. The summed E-state index contributed by atoms with van der Waals surface area (Å²) < 4.78 is 10.8. The molecule has 0 fully saturated rings. The minimum absolute atomic E-state index is 0.574. The molecule has 1 aromatic carbocycles. The molecule has 4 heteroatoms. The highest BCUT2D eigenvalue weighted by Crippen LogP contribution is 2.25. The van der Waals surface area contributed by atoms with Gasteiger partial charge in [0.05, 0.1) is 19.4 Å². The lowest BCUT2D eigenvalue weighted by Gasteiger charge is -2.13. The number of ether oxygens (including phenoxy) is 2. The zero-order valence-corrected chi connectivity index (χ0v) is 11.7. The number of nitrogens with zero attached hydrogens (tertiary/aromatic N) is 1. The summed E-state index contributed by atoms with van der Waals surface area (Å²) >= 11 is 0. The van der Waals surface area contributed by atoms with Crippen molar-refractivity contribution >= 4 is 0 Å². The van der Waals surface area contributed by atoms with Crippen LogP contribution in [0, 0.1) is 0 Å². The molecular formula is C16H19NO3. The summed E-state index contributed by atoms with van der Waals surface area (Å²) in [6, 6.07) is 9.20. The zero-order chi connectivity index (χ0) is 14.4. The summed E-state index contributed by atoms with van der Waals surface area (Å²) in [4.78, 5) is 4.09. The van der Waals surface area contributed by atoms with E-state index >= 15 is 0 Å². The molecule has 1 atom stereocenters. The van der Waals surface area contributed by atoms with Gasteiger partial charge in [0.2, 0.25) is 0 Å². The van der Waals surface area contributed by atoms with Gasteiger partial charge in [-0.05, 0) is 37.6 Å². The van der Waals surface area contributed by atoms with Crippen LogP contribution in [0.5, 0.6) is 11.5 Å². The fraction of sp³-hybridized carbons (Fsp3) is 0.312. The van der Waals surface area contributed by atoms with Crippen molar-refractivity contribution in [3.63, 3.8) is 0 Å². The number of hydrogen-bond acceptors (Lipinski definition) is 4. The summed E-state index contributed by atoms with van der Waals surface area (Å²) in [5, 5.41) is 10.4. The van der Waals surface area contributed by atoms with Crippen molar-refractivity contribution in [2.75, 3.05) is 13.2 Å². The highest BCUT2D eigenvalue weighted by atomic mass is 16.5. The van der Waals surface area contributed by atoms with Crippen molar-refractivity contribution in [1.82, 2.24) is 4.98 Å². The topological polar surface area (TPSA) is 51.6 Å². The average Bonchev–Trinajstić information content (AvgIpc) is 2.48. The standard InChI is InChI=1S/C16H19NO3/c1-3-19-14-7-5-12(6-8-14)16(18)13-9-15(20-4-2)11-17-10-13/h5-11,16,18H,3-4H2,1-2H3. The SMILES string of the molecule is CCOc1ccc(C(O)c2cncc(OCC)c2)cc1. The molecule has 2 rings (SSSR count). The van der Waals surface area contributed by atoms with E-state index in [2.05, 4.69) is 4.98 Å². The molecule has 1 unspecified atom stereocenters. The van der Waals surface area contributed by atoms with Crippen LogP contribution in [-0.2, 0) is 0 Å². The van der Waals surface area contributed by atoms with E-state index in [0.717, 1.165) is 11.3 Å². The summed E-state index contributed by atoms with van der Waals surface area (Å²) in [6.45, 7) is 5.05. The van der Waals surface area contributed by atoms with Gasteiger partial charge in [-0.1, -0.05) is 12.1 Å². The van der Waals surface area contributed by atoms with Crippen molar-refractivity contribution in [3.05, 3.63) is 53.9 Å². The van der Waals surface area contributed by atoms with Crippen LogP contribution in [0.4, 0.5) is 0 Å². The fourth-order valence-electron chi connectivity index (χ4n) is 1.94. The predicted molar refractivity (Wildman–Crippen MR) is 77.1 cm³/mol. The Hall–Kier alpha value is -2.07. The Kier molecular flexibility index (Phi) is 4.96. The Morgan fingerprint density at radius 2 is 1.60 bits per heavy atom. The maximum atomic E-state index is 10.4. The van der Waals surface area contributed by atoms with Crippen molar-refractivity contribution in [2.45, 2.75) is 20.0 Å². The van der Waals surface area contributed by atoms with E-state index in [9.17, 15) is 5.11 Å². The third-order valence-electron chi connectivity index (χ3n) is 2.87. The Balaban J connectivity index is 2.17. The van der Waals surface area contributed by atoms with Crippen LogP contribution in [0.25, 0.3) is 0 Å². The Bertz CT molecular complexity index is 540. The molecule has 0 amide bonds. The van der Waals surface area contributed by atoms with Gasteiger partial charge in [-0.3, -0.25) is 4.98 Å². The second-order valence-corrected chi connectivity index (χ2v) is 4.29. The number of benzene rings is 1. The van der Waals surface area contributed by atoms with Gasteiger partial charge >= 0.3 is 0 Å². The van der Waals surface area contributed by atoms with Gasteiger partial charge in [-0.15, -0.1) is 0 Å². The highest BCUT2D eigenvalue weighted by molar-refractivity contribution is 5.35.